The summed E-state index contributed by atoms with van der Waals surface area (Å²) >= 11 is 0. The van der Waals surface area contributed by atoms with Crippen molar-refractivity contribution in [2.24, 2.45) is 5.92 Å². The van der Waals surface area contributed by atoms with Crippen LogP contribution in [0.5, 0.6) is 11.5 Å². The number of anilines is 1. The van der Waals surface area contributed by atoms with Crippen molar-refractivity contribution in [3.05, 3.63) is 83.9 Å². The summed E-state index contributed by atoms with van der Waals surface area (Å²) in [6.45, 7) is 2.14. The smallest absolute Gasteiger partial charge is 0.321 e. The number of phenols is 2. The van der Waals surface area contributed by atoms with E-state index in [1.807, 2.05) is 59.2 Å². The second-order valence-corrected chi connectivity index (χ2v) is 8.42. The molecule has 0 aliphatic carbocycles. The van der Waals surface area contributed by atoms with Crippen LogP contribution < -0.4 is 4.90 Å². The highest BCUT2D eigenvalue weighted by Gasteiger charge is 2.47. The number of esters is 1. The second-order valence-electron chi connectivity index (χ2n) is 8.42. The van der Waals surface area contributed by atoms with E-state index in [1.165, 1.54) is 12.1 Å². The molecule has 0 radical (unpaired) electrons. The summed E-state index contributed by atoms with van der Waals surface area (Å²) < 4.78 is 7.20. The number of amides is 1. The molecular formula is C27H25N3O5. The van der Waals surface area contributed by atoms with Gasteiger partial charge < -0.3 is 19.5 Å². The Labute approximate surface area is 202 Å². The third-order valence-electron chi connectivity index (χ3n) is 6.29. The first kappa shape index (κ1) is 22.5. The number of imidazole rings is 1. The summed E-state index contributed by atoms with van der Waals surface area (Å²) in [4.78, 5) is 33.4. The number of aromatic nitrogens is 2. The van der Waals surface area contributed by atoms with Crippen LogP contribution in [-0.2, 0) is 20.7 Å². The van der Waals surface area contributed by atoms with Gasteiger partial charge in [0.1, 0.15) is 0 Å². The summed E-state index contributed by atoms with van der Waals surface area (Å²) in [7, 11) is 0. The van der Waals surface area contributed by atoms with E-state index in [0.29, 0.717) is 30.0 Å². The van der Waals surface area contributed by atoms with Gasteiger partial charge in [-0.05, 0) is 48.7 Å². The molecule has 1 aliphatic rings. The van der Waals surface area contributed by atoms with Gasteiger partial charge in [0.15, 0.2) is 17.4 Å². The number of nitrogens with zero attached hydrogens (tertiary/aromatic N) is 3. The molecule has 2 atom stereocenters. The highest BCUT2D eigenvalue weighted by Crippen LogP contribution is 2.42. The number of carbonyl (C=O) groups is 2. The Morgan fingerprint density at radius 3 is 2.49 bits per heavy atom. The number of hydrogen-bond donors (Lipinski definition) is 2. The summed E-state index contributed by atoms with van der Waals surface area (Å²) in [6.07, 6.45) is 0.579. The van der Waals surface area contributed by atoms with E-state index in [1.54, 1.807) is 17.9 Å². The Kier molecular flexibility index (Phi) is 5.86. The molecule has 35 heavy (non-hydrogen) atoms. The lowest BCUT2D eigenvalue weighted by Gasteiger charge is -2.38. The normalized spacial score (nSPS) is 17.4. The van der Waals surface area contributed by atoms with E-state index >= 15 is 0 Å². The molecule has 0 bridgehead atoms. The Hall–Kier alpha value is -4.33. The average molecular weight is 472 g/mol. The second kappa shape index (κ2) is 9.13. The molecule has 8 nitrogen and oxygen atoms in total. The van der Waals surface area contributed by atoms with Gasteiger partial charge in [-0.3, -0.25) is 14.5 Å². The van der Waals surface area contributed by atoms with Crippen molar-refractivity contribution in [2.45, 2.75) is 19.4 Å². The Balaban J connectivity index is 1.69. The van der Waals surface area contributed by atoms with Gasteiger partial charge in [0.05, 0.1) is 23.7 Å². The summed E-state index contributed by atoms with van der Waals surface area (Å²) in [5.74, 6) is -2.47. The Morgan fingerprint density at radius 1 is 1.00 bits per heavy atom. The minimum atomic E-state index is -1.19. The van der Waals surface area contributed by atoms with Crippen LogP contribution in [0.1, 0.15) is 24.1 Å². The van der Waals surface area contributed by atoms with Crippen molar-refractivity contribution in [3.8, 4) is 11.5 Å². The maximum atomic E-state index is 13.9. The molecule has 2 heterocycles. The van der Waals surface area contributed by atoms with Gasteiger partial charge in [-0.15, -0.1) is 0 Å². The van der Waals surface area contributed by atoms with Crippen LogP contribution in [0.2, 0.25) is 0 Å². The number of rotatable bonds is 6. The number of ether oxygens (including phenoxy) is 1. The van der Waals surface area contributed by atoms with E-state index in [9.17, 15) is 19.8 Å². The molecule has 0 unspecified atom stereocenters. The first-order valence-electron chi connectivity index (χ1n) is 11.5. The Bertz CT molecular complexity index is 1400. The fraction of sp³-hybridized carbons (Fsp3) is 0.222. The number of phenolic OH excluding ortho intramolecular Hbond substituents is 2. The minimum Gasteiger partial charge on any atom is -0.504 e. The van der Waals surface area contributed by atoms with E-state index in [0.717, 1.165) is 11.1 Å². The van der Waals surface area contributed by atoms with Crippen LogP contribution in [-0.4, -0.2) is 44.8 Å². The molecule has 1 aliphatic heterocycles. The lowest BCUT2D eigenvalue weighted by Crippen LogP contribution is -2.50. The molecule has 5 rings (SSSR count). The highest BCUT2D eigenvalue weighted by molar-refractivity contribution is 6.08. The van der Waals surface area contributed by atoms with Gasteiger partial charge in [-0.25, -0.2) is 4.98 Å². The summed E-state index contributed by atoms with van der Waals surface area (Å²) in [6, 6.07) is 20.8. The third-order valence-corrected chi connectivity index (χ3v) is 6.29. The van der Waals surface area contributed by atoms with Crippen molar-refractivity contribution in [1.29, 1.82) is 0 Å². The fourth-order valence-electron chi connectivity index (χ4n) is 4.67. The minimum absolute atomic E-state index is 0.123. The summed E-state index contributed by atoms with van der Waals surface area (Å²) in [5, 5.41) is 20.1. The maximum Gasteiger partial charge on any atom is 0.321 e. The van der Waals surface area contributed by atoms with Crippen LogP contribution in [0.3, 0.4) is 0 Å². The molecule has 8 heteroatoms. The van der Waals surface area contributed by atoms with Crippen molar-refractivity contribution in [2.75, 3.05) is 18.1 Å². The van der Waals surface area contributed by atoms with E-state index < -0.39 is 23.8 Å². The number of carbonyl (C=O) groups excluding carboxylic acids is 2. The number of hydrogen-bond acceptors (Lipinski definition) is 6. The SMILES string of the molecule is CCOC(=O)[C@@H]1C(=O)N(CCc2ccccc2)c2nc3ccccc3n2[C@@H]1c1ccc(O)c(O)c1. The zero-order valence-electron chi connectivity index (χ0n) is 19.2. The van der Waals surface area contributed by atoms with Crippen LogP contribution in [0.15, 0.2) is 72.8 Å². The predicted octanol–water partition coefficient (Wildman–Crippen LogP) is 3.81. The number of para-hydroxylation sites is 2. The van der Waals surface area contributed by atoms with E-state index in [-0.39, 0.29) is 18.1 Å². The largest absolute Gasteiger partial charge is 0.504 e. The molecule has 1 aromatic heterocycles. The van der Waals surface area contributed by atoms with Crippen molar-refractivity contribution >= 4 is 28.9 Å². The van der Waals surface area contributed by atoms with Gasteiger partial charge in [-0.2, -0.15) is 0 Å². The van der Waals surface area contributed by atoms with E-state index in [4.69, 9.17) is 9.72 Å². The molecule has 2 N–H and O–H groups in total. The topological polar surface area (TPSA) is 105 Å². The van der Waals surface area contributed by atoms with Gasteiger partial charge in [0.25, 0.3) is 0 Å². The number of fused-ring (bicyclic) bond motifs is 3. The van der Waals surface area contributed by atoms with Crippen LogP contribution in [0, 0.1) is 5.92 Å². The fourth-order valence-corrected chi connectivity index (χ4v) is 4.67. The predicted molar refractivity (Wildman–Crippen MR) is 130 cm³/mol. The maximum absolute atomic E-state index is 13.9. The molecule has 1 amide bonds. The molecule has 4 aromatic rings. The van der Waals surface area contributed by atoms with E-state index in [2.05, 4.69) is 0 Å². The molecule has 0 spiro atoms. The Morgan fingerprint density at radius 2 is 1.74 bits per heavy atom. The zero-order valence-corrected chi connectivity index (χ0v) is 19.2. The quantitative estimate of drug-likeness (QED) is 0.252. The zero-order chi connectivity index (χ0) is 24.5. The van der Waals surface area contributed by atoms with Crippen molar-refractivity contribution < 1.29 is 24.5 Å². The monoisotopic (exact) mass is 471 g/mol. The highest BCUT2D eigenvalue weighted by atomic mass is 16.5. The molecule has 0 saturated heterocycles. The molecule has 0 saturated carbocycles. The summed E-state index contributed by atoms with van der Waals surface area (Å²) in [5.41, 5.74) is 2.96. The van der Waals surface area contributed by atoms with Crippen LogP contribution in [0.25, 0.3) is 11.0 Å². The lowest BCUT2D eigenvalue weighted by atomic mass is 9.89. The van der Waals surface area contributed by atoms with Gasteiger partial charge in [0.2, 0.25) is 11.9 Å². The number of aromatic hydroxyl groups is 2. The average Bonchev–Trinajstić information content (AvgIpc) is 3.24. The first-order valence-corrected chi connectivity index (χ1v) is 11.5. The van der Waals surface area contributed by atoms with Crippen LogP contribution >= 0.6 is 0 Å². The molecule has 0 fully saturated rings. The number of benzene rings is 3. The van der Waals surface area contributed by atoms with Crippen LogP contribution in [0.4, 0.5) is 5.95 Å². The van der Waals surface area contributed by atoms with Crippen molar-refractivity contribution in [3.63, 3.8) is 0 Å². The van der Waals surface area contributed by atoms with Gasteiger partial charge in [0, 0.05) is 6.54 Å². The van der Waals surface area contributed by atoms with Gasteiger partial charge in [-0.1, -0.05) is 48.5 Å². The molecule has 3 aromatic carbocycles. The molecular weight excluding hydrogens is 446 g/mol. The van der Waals surface area contributed by atoms with Gasteiger partial charge >= 0.3 is 5.97 Å². The standard InChI is InChI=1S/C27H25N3O5/c1-2-35-26(34)23-24(18-12-13-21(31)22(32)16-18)30-20-11-7-6-10-19(20)28-27(30)29(25(23)33)15-14-17-8-4-3-5-9-17/h3-13,16,23-24,31-32H,2,14-15H2,1H3/t23-,24+/m0/s1. The molecule has 178 valence electrons. The third kappa shape index (κ3) is 3.97. The van der Waals surface area contributed by atoms with Crippen molar-refractivity contribution in [1.82, 2.24) is 9.55 Å². The first-order chi connectivity index (χ1) is 17.0. The lowest BCUT2D eigenvalue weighted by molar-refractivity contribution is -0.153.